The zero-order valence-electron chi connectivity index (χ0n) is 19.0. The van der Waals surface area contributed by atoms with Crippen LogP contribution in [0.15, 0.2) is 47.1 Å². The number of hydrogen-bond donors (Lipinski definition) is 2. The van der Waals surface area contributed by atoms with E-state index in [1.807, 2.05) is 38.1 Å². The van der Waals surface area contributed by atoms with Crippen LogP contribution in [-0.2, 0) is 16.1 Å². The largest absolute Gasteiger partial charge is 0.496 e. The first kappa shape index (κ1) is 24.8. The first-order chi connectivity index (χ1) is 15.8. The molecule has 7 nitrogen and oxygen atoms in total. The van der Waals surface area contributed by atoms with E-state index in [-0.39, 0.29) is 28.5 Å². The van der Waals surface area contributed by atoms with Crippen LogP contribution >= 0.6 is 23.4 Å². The molecular weight excluding hydrogens is 464 g/mol. The van der Waals surface area contributed by atoms with E-state index in [1.165, 1.54) is 31.0 Å². The molecule has 1 heterocycles. The van der Waals surface area contributed by atoms with Crippen molar-refractivity contribution in [3.05, 3.63) is 63.2 Å². The summed E-state index contributed by atoms with van der Waals surface area (Å²) in [6.07, 6.45) is 0.0935. The monoisotopic (exact) mass is 490 g/mol. The lowest BCUT2D eigenvalue weighted by Crippen LogP contribution is -2.24. The lowest BCUT2D eigenvalue weighted by atomic mass is 10.1. The standard InChI is InChI=1S/C24H27ClN2O5S/c1-14(2)32-17-7-5-16(6-8-17)13-26-23(28)18-11-19(25)20(12-21(18)30-4)27-24(29)22-15(3)31-9-10-33-22/h5-8,11-12,14H,9-10,13H2,1-4H3,(H,26,28)(H,27,29). The number of hydrogen-bond acceptors (Lipinski definition) is 6. The molecule has 0 unspecified atom stereocenters. The normalized spacial score (nSPS) is 13.4. The van der Waals surface area contributed by atoms with Crippen LogP contribution in [0.3, 0.4) is 0 Å². The number of carbonyl (C=O) groups is 2. The maximum Gasteiger partial charge on any atom is 0.265 e. The SMILES string of the molecule is COc1cc(NC(=O)C2=C(C)OCCS2)c(Cl)cc1C(=O)NCc1ccc(OC(C)C)cc1. The van der Waals surface area contributed by atoms with Crippen molar-refractivity contribution >= 4 is 40.9 Å². The van der Waals surface area contributed by atoms with E-state index in [9.17, 15) is 9.59 Å². The second kappa shape index (κ2) is 11.3. The van der Waals surface area contributed by atoms with Gasteiger partial charge in [0.1, 0.15) is 22.2 Å². The Morgan fingerprint density at radius 2 is 1.91 bits per heavy atom. The second-order valence-electron chi connectivity index (χ2n) is 7.56. The van der Waals surface area contributed by atoms with Gasteiger partial charge in [0.05, 0.1) is 36.1 Å². The molecule has 176 valence electrons. The minimum Gasteiger partial charge on any atom is -0.496 e. The number of methoxy groups -OCH3 is 1. The summed E-state index contributed by atoms with van der Waals surface area (Å²) in [5.74, 6) is 1.68. The molecule has 2 N–H and O–H groups in total. The van der Waals surface area contributed by atoms with E-state index < -0.39 is 0 Å². The van der Waals surface area contributed by atoms with E-state index in [1.54, 1.807) is 6.92 Å². The number of halogens is 1. The Hall–Kier alpha value is -2.84. The lowest BCUT2D eigenvalue weighted by molar-refractivity contribution is -0.112. The third-order valence-electron chi connectivity index (χ3n) is 4.70. The summed E-state index contributed by atoms with van der Waals surface area (Å²) in [4.78, 5) is 25.9. The predicted octanol–water partition coefficient (Wildman–Crippen LogP) is 5.00. The van der Waals surface area contributed by atoms with Crippen LogP contribution in [0.5, 0.6) is 11.5 Å². The van der Waals surface area contributed by atoms with Gasteiger partial charge >= 0.3 is 0 Å². The average Bonchev–Trinajstić information content (AvgIpc) is 2.79. The third-order valence-corrected chi connectivity index (χ3v) is 6.15. The summed E-state index contributed by atoms with van der Waals surface area (Å²) >= 11 is 7.81. The number of carbonyl (C=O) groups excluding carboxylic acids is 2. The molecule has 1 aliphatic rings. The first-order valence-corrected chi connectivity index (χ1v) is 11.8. The highest BCUT2D eigenvalue weighted by Gasteiger charge is 2.22. The minimum atomic E-state index is -0.344. The summed E-state index contributed by atoms with van der Waals surface area (Å²) in [5, 5.41) is 5.86. The van der Waals surface area contributed by atoms with Crippen LogP contribution in [0.4, 0.5) is 5.69 Å². The molecule has 0 saturated carbocycles. The number of rotatable bonds is 8. The zero-order valence-corrected chi connectivity index (χ0v) is 20.6. The number of allylic oxidation sites excluding steroid dienone is 1. The maximum atomic E-state index is 12.8. The van der Waals surface area contributed by atoms with Gasteiger partial charge in [-0.1, -0.05) is 23.7 Å². The fourth-order valence-electron chi connectivity index (χ4n) is 3.14. The molecule has 3 rings (SSSR count). The average molecular weight is 491 g/mol. The van der Waals surface area contributed by atoms with Crippen molar-refractivity contribution in [2.75, 3.05) is 24.8 Å². The highest BCUT2D eigenvalue weighted by Crippen LogP contribution is 2.33. The van der Waals surface area contributed by atoms with Gasteiger partial charge in [0.25, 0.3) is 11.8 Å². The number of ether oxygens (including phenoxy) is 3. The molecule has 0 fully saturated rings. The van der Waals surface area contributed by atoms with Crippen molar-refractivity contribution in [1.82, 2.24) is 5.32 Å². The molecule has 33 heavy (non-hydrogen) atoms. The summed E-state index contributed by atoms with van der Waals surface area (Å²) < 4.78 is 16.5. The third kappa shape index (κ3) is 6.58. The number of anilines is 1. The molecule has 2 aromatic rings. The van der Waals surface area contributed by atoms with Crippen molar-refractivity contribution in [2.24, 2.45) is 0 Å². The number of amides is 2. The molecule has 2 amide bonds. The molecular formula is C24H27ClN2O5S. The second-order valence-corrected chi connectivity index (χ2v) is 9.07. The molecule has 2 aromatic carbocycles. The first-order valence-electron chi connectivity index (χ1n) is 10.5. The van der Waals surface area contributed by atoms with E-state index in [0.717, 1.165) is 11.3 Å². The van der Waals surface area contributed by atoms with Gasteiger partial charge in [-0.05, 0) is 44.5 Å². The summed E-state index contributed by atoms with van der Waals surface area (Å²) in [6, 6.07) is 10.5. The summed E-state index contributed by atoms with van der Waals surface area (Å²) in [5.41, 5.74) is 1.54. The maximum absolute atomic E-state index is 12.8. The van der Waals surface area contributed by atoms with E-state index >= 15 is 0 Å². The van der Waals surface area contributed by atoms with Gasteiger partial charge in [0.15, 0.2) is 0 Å². The van der Waals surface area contributed by atoms with Crippen LogP contribution in [0.25, 0.3) is 0 Å². The predicted molar refractivity (Wildman–Crippen MR) is 131 cm³/mol. The molecule has 0 saturated heterocycles. The van der Waals surface area contributed by atoms with E-state index in [4.69, 9.17) is 25.8 Å². The van der Waals surface area contributed by atoms with Crippen molar-refractivity contribution in [3.63, 3.8) is 0 Å². The van der Waals surface area contributed by atoms with Crippen molar-refractivity contribution in [2.45, 2.75) is 33.4 Å². The Morgan fingerprint density at radius 3 is 2.55 bits per heavy atom. The Bertz CT molecular complexity index is 1050. The molecule has 9 heteroatoms. The van der Waals surface area contributed by atoms with Crippen LogP contribution < -0.4 is 20.1 Å². The van der Waals surface area contributed by atoms with Crippen LogP contribution in [-0.4, -0.2) is 37.4 Å². The lowest BCUT2D eigenvalue weighted by Gasteiger charge is -2.18. The Labute approximate surface area is 202 Å². The Kier molecular flexibility index (Phi) is 8.52. The number of benzene rings is 2. The van der Waals surface area contributed by atoms with Gasteiger partial charge in [-0.15, -0.1) is 11.8 Å². The quantitative estimate of drug-likeness (QED) is 0.541. The van der Waals surface area contributed by atoms with Gasteiger partial charge in [-0.2, -0.15) is 0 Å². The molecule has 0 aromatic heterocycles. The van der Waals surface area contributed by atoms with Crippen LogP contribution in [0.2, 0.25) is 5.02 Å². The van der Waals surface area contributed by atoms with Crippen molar-refractivity contribution in [3.8, 4) is 11.5 Å². The van der Waals surface area contributed by atoms with Crippen LogP contribution in [0.1, 0.15) is 36.7 Å². The Balaban J connectivity index is 1.69. The topological polar surface area (TPSA) is 85.9 Å². The number of thioether (sulfide) groups is 1. The van der Waals surface area contributed by atoms with E-state index in [0.29, 0.717) is 41.0 Å². The number of nitrogens with one attached hydrogen (secondary N) is 2. The van der Waals surface area contributed by atoms with Gasteiger partial charge in [-0.25, -0.2) is 0 Å². The molecule has 0 bridgehead atoms. The van der Waals surface area contributed by atoms with Gasteiger partial charge in [0, 0.05) is 18.4 Å². The molecule has 0 spiro atoms. The smallest absolute Gasteiger partial charge is 0.265 e. The fourth-order valence-corrected chi connectivity index (χ4v) is 4.17. The highest BCUT2D eigenvalue weighted by atomic mass is 35.5. The molecule has 0 atom stereocenters. The Morgan fingerprint density at radius 1 is 1.18 bits per heavy atom. The van der Waals surface area contributed by atoms with Gasteiger partial charge in [0.2, 0.25) is 0 Å². The minimum absolute atomic E-state index is 0.0935. The van der Waals surface area contributed by atoms with Crippen LogP contribution in [0, 0.1) is 0 Å². The molecule has 0 radical (unpaired) electrons. The van der Waals surface area contributed by atoms with Gasteiger partial charge < -0.3 is 24.8 Å². The van der Waals surface area contributed by atoms with Gasteiger partial charge in [-0.3, -0.25) is 9.59 Å². The summed E-state index contributed by atoms with van der Waals surface area (Å²) in [6.45, 7) is 6.57. The molecule has 1 aliphatic heterocycles. The van der Waals surface area contributed by atoms with Crippen molar-refractivity contribution in [1.29, 1.82) is 0 Å². The fraction of sp³-hybridized carbons (Fsp3) is 0.333. The van der Waals surface area contributed by atoms with Crippen molar-refractivity contribution < 1.29 is 23.8 Å². The summed E-state index contributed by atoms with van der Waals surface area (Å²) in [7, 11) is 1.45. The van der Waals surface area contributed by atoms with E-state index in [2.05, 4.69) is 10.6 Å². The highest BCUT2D eigenvalue weighted by molar-refractivity contribution is 8.04. The zero-order chi connectivity index (χ0) is 24.0. The molecule has 0 aliphatic carbocycles.